The minimum absolute atomic E-state index is 0.148. The molecule has 2 aromatic heterocycles. The Hall–Kier alpha value is -3.23. The number of imidazole rings is 1. The molecule has 1 unspecified atom stereocenters. The Morgan fingerprint density at radius 3 is 3.04 bits per heavy atom. The summed E-state index contributed by atoms with van der Waals surface area (Å²) in [4.78, 5) is 26.9. The zero-order valence-corrected chi connectivity index (χ0v) is 14.1. The van der Waals surface area contributed by atoms with Crippen molar-refractivity contribution in [3.63, 3.8) is 0 Å². The van der Waals surface area contributed by atoms with Crippen molar-refractivity contribution in [1.82, 2.24) is 24.4 Å². The zero-order valence-electron chi connectivity index (χ0n) is 14.1. The molecule has 4 rings (SSSR count). The Kier molecular flexibility index (Phi) is 3.90. The molecule has 0 saturated heterocycles. The summed E-state index contributed by atoms with van der Waals surface area (Å²) in [6, 6.07) is 4.08. The first kappa shape index (κ1) is 16.2. The predicted molar refractivity (Wildman–Crippen MR) is 91.8 cm³/mol. The second-order valence-corrected chi connectivity index (χ2v) is 6.08. The molecule has 2 N–H and O–H groups in total. The molecular formula is C17H17FN6O2. The number of amides is 1. The third kappa shape index (κ3) is 2.61. The number of anilines is 1. The van der Waals surface area contributed by atoms with Crippen LogP contribution in [0.2, 0.25) is 0 Å². The molecule has 1 aliphatic heterocycles. The lowest BCUT2D eigenvalue weighted by Crippen LogP contribution is -2.37. The number of nitrogens with two attached hydrogens (primary N) is 1. The number of aromatic nitrogens is 4. The van der Waals surface area contributed by atoms with E-state index >= 15 is 0 Å². The third-order valence-corrected chi connectivity index (χ3v) is 4.52. The van der Waals surface area contributed by atoms with Crippen molar-refractivity contribution in [3.8, 4) is 5.75 Å². The van der Waals surface area contributed by atoms with E-state index in [0.717, 1.165) is 0 Å². The van der Waals surface area contributed by atoms with Gasteiger partial charge >= 0.3 is 0 Å². The normalized spacial score (nSPS) is 15.2. The number of nitrogen functional groups attached to an aromatic ring is 1. The van der Waals surface area contributed by atoms with Gasteiger partial charge in [-0.1, -0.05) is 6.07 Å². The maximum absolute atomic E-state index is 14.2. The highest BCUT2D eigenvalue weighted by Crippen LogP contribution is 2.27. The van der Waals surface area contributed by atoms with Gasteiger partial charge in [-0.15, -0.1) is 0 Å². The van der Waals surface area contributed by atoms with Crippen molar-refractivity contribution >= 4 is 22.9 Å². The van der Waals surface area contributed by atoms with Crippen LogP contribution in [0.15, 0.2) is 30.9 Å². The van der Waals surface area contributed by atoms with Crippen LogP contribution < -0.4 is 10.5 Å². The third-order valence-electron chi connectivity index (χ3n) is 4.52. The summed E-state index contributed by atoms with van der Waals surface area (Å²) in [5.41, 5.74) is 7.11. The maximum atomic E-state index is 14.2. The first-order valence-electron chi connectivity index (χ1n) is 8.18. The minimum Gasteiger partial charge on any atom is -0.491 e. The summed E-state index contributed by atoms with van der Waals surface area (Å²) in [5.74, 6) is 0.166. The molecule has 0 bridgehead atoms. The van der Waals surface area contributed by atoms with Gasteiger partial charge in [-0.25, -0.2) is 19.3 Å². The Morgan fingerprint density at radius 1 is 1.35 bits per heavy atom. The number of halogens is 1. The molecule has 1 atom stereocenters. The number of carbonyl (C=O) groups is 1. The van der Waals surface area contributed by atoms with E-state index in [4.69, 9.17) is 10.5 Å². The van der Waals surface area contributed by atoms with Gasteiger partial charge < -0.3 is 19.9 Å². The standard InChI is InChI=1S/C17H17FN6O2/c1-10(24-9-22-14-15(19)20-8-21-16(14)24)17(25)23-5-6-26-13-4-2-3-12(18)11(13)7-23/h2-4,8-10H,5-7H2,1H3,(H2,19,20,21). The van der Waals surface area contributed by atoms with Gasteiger partial charge in [-0.05, 0) is 19.1 Å². The molecule has 3 heterocycles. The maximum Gasteiger partial charge on any atom is 0.245 e. The first-order chi connectivity index (χ1) is 12.6. The second-order valence-electron chi connectivity index (χ2n) is 6.08. The molecule has 0 saturated carbocycles. The fourth-order valence-corrected chi connectivity index (χ4v) is 3.09. The minimum atomic E-state index is -0.581. The smallest absolute Gasteiger partial charge is 0.245 e. The van der Waals surface area contributed by atoms with Gasteiger partial charge in [0.05, 0.1) is 19.4 Å². The second kappa shape index (κ2) is 6.25. The van der Waals surface area contributed by atoms with E-state index in [9.17, 15) is 9.18 Å². The highest BCUT2D eigenvalue weighted by molar-refractivity contribution is 5.85. The fourth-order valence-electron chi connectivity index (χ4n) is 3.09. The molecular weight excluding hydrogens is 339 g/mol. The van der Waals surface area contributed by atoms with Gasteiger partial charge in [-0.2, -0.15) is 0 Å². The quantitative estimate of drug-likeness (QED) is 0.748. The zero-order chi connectivity index (χ0) is 18.3. The van der Waals surface area contributed by atoms with Crippen molar-refractivity contribution in [2.45, 2.75) is 19.5 Å². The van der Waals surface area contributed by atoms with Crippen molar-refractivity contribution in [3.05, 3.63) is 42.2 Å². The van der Waals surface area contributed by atoms with E-state index in [1.165, 1.54) is 18.7 Å². The summed E-state index contributed by atoms with van der Waals surface area (Å²) < 4.78 is 21.4. The van der Waals surface area contributed by atoms with Crippen LogP contribution >= 0.6 is 0 Å². The van der Waals surface area contributed by atoms with E-state index in [-0.39, 0.29) is 24.1 Å². The number of benzene rings is 1. The predicted octanol–water partition coefficient (Wildman–Crippen LogP) is 1.53. The number of hydrogen-bond acceptors (Lipinski definition) is 6. The van der Waals surface area contributed by atoms with Crippen LogP contribution in [0.5, 0.6) is 5.75 Å². The lowest BCUT2D eigenvalue weighted by Gasteiger charge is -2.24. The van der Waals surface area contributed by atoms with Gasteiger partial charge in [0.2, 0.25) is 5.91 Å². The molecule has 8 nitrogen and oxygen atoms in total. The summed E-state index contributed by atoms with van der Waals surface area (Å²) >= 11 is 0. The Morgan fingerprint density at radius 2 is 2.19 bits per heavy atom. The van der Waals surface area contributed by atoms with Crippen LogP contribution in [-0.4, -0.2) is 43.5 Å². The fraction of sp³-hybridized carbons (Fsp3) is 0.294. The van der Waals surface area contributed by atoms with E-state index in [1.807, 2.05) is 0 Å². The number of nitrogens with zero attached hydrogens (tertiary/aromatic N) is 5. The summed E-state index contributed by atoms with van der Waals surface area (Å²) in [7, 11) is 0. The topological polar surface area (TPSA) is 99.2 Å². The molecule has 26 heavy (non-hydrogen) atoms. The molecule has 1 aliphatic rings. The highest BCUT2D eigenvalue weighted by Gasteiger charge is 2.27. The molecule has 3 aromatic rings. The van der Waals surface area contributed by atoms with E-state index in [0.29, 0.717) is 35.6 Å². The average molecular weight is 356 g/mol. The summed E-state index contributed by atoms with van der Waals surface area (Å²) in [5, 5.41) is 0. The monoisotopic (exact) mass is 356 g/mol. The van der Waals surface area contributed by atoms with Crippen molar-refractivity contribution in [2.75, 3.05) is 18.9 Å². The van der Waals surface area contributed by atoms with Gasteiger partial charge in [0.15, 0.2) is 11.5 Å². The van der Waals surface area contributed by atoms with E-state index in [1.54, 1.807) is 28.5 Å². The Labute approximate surface area is 148 Å². The van der Waals surface area contributed by atoms with Crippen LogP contribution in [0.25, 0.3) is 11.2 Å². The summed E-state index contributed by atoms with van der Waals surface area (Å²) in [6.07, 6.45) is 2.85. The van der Waals surface area contributed by atoms with Crippen molar-refractivity contribution in [2.24, 2.45) is 0 Å². The molecule has 0 aliphatic carbocycles. The Balaban J connectivity index is 1.64. The lowest BCUT2D eigenvalue weighted by molar-refractivity contribution is -0.135. The van der Waals surface area contributed by atoms with Crippen LogP contribution in [-0.2, 0) is 11.3 Å². The first-order valence-corrected chi connectivity index (χ1v) is 8.18. The molecule has 0 spiro atoms. The number of carbonyl (C=O) groups excluding carboxylic acids is 1. The highest BCUT2D eigenvalue weighted by atomic mass is 19.1. The number of fused-ring (bicyclic) bond motifs is 2. The molecule has 0 fully saturated rings. The van der Waals surface area contributed by atoms with Gasteiger partial charge in [0.1, 0.15) is 36.1 Å². The van der Waals surface area contributed by atoms with Crippen LogP contribution in [0.3, 0.4) is 0 Å². The summed E-state index contributed by atoms with van der Waals surface area (Å²) in [6.45, 7) is 2.56. The van der Waals surface area contributed by atoms with Crippen LogP contribution in [0.4, 0.5) is 10.2 Å². The number of rotatable bonds is 2. The number of ether oxygens (including phenoxy) is 1. The van der Waals surface area contributed by atoms with Crippen molar-refractivity contribution < 1.29 is 13.9 Å². The van der Waals surface area contributed by atoms with Gasteiger partial charge in [0, 0.05) is 5.56 Å². The van der Waals surface area contributed by atoms with Gasteiger partial charge in [0.25, 0.3) is 0 Å². The van der Waals surface area contributed by atoms with E-state index < -0.39 is 6.04 Å². The molecule has 1 amide bonds. The molecule has 0 radical (unpaired) electrons. The van der Waals surface area contributed by atoms with Crippen molar-refractivity contribution in [1.29, 1.82) is 0 Å². The lowest BCUT2D eigenvalue weighted by atomic mass is 10.1. The SMILES string of the molecule is CC(C(=O)N1CCOc2cccc(F)c2C1)n1cnc2c(N)ncnc21. The molecule has 134 valence electrons. The molecule has 9 heteroatoms. The van der Waals surface area contributed by atoms with E-state index in [2.05, 4.69) is 15.0 Å². The van der Waals surface area contributed by atoms with Crippen LogP contribution in [0, 0.1) is 5.82 Å². The molecule has 1 aromatic carbocycles. The van der Waals surface area contributed by atoms with Crippen LogP contribution in [0.1, 0.15) is 18.5 Å². The largest absolute Gasteiger partial charge is 0.491 e. The Bertz CT molecular complexity index is 989. The van der Waals surface area contributed by atoms with Gasteiger partial charge in [-0.3, -0.25) is 4.79 Å². The number of hydrogen-bond donors (Lipinski definition) is 1. The average Bonchev–Trinajstić information content (AvgIpc) is 2.95.